The van der Waals surface area contributed by atoms with E-state index in [0.717, 1.165) is 0 Å². The van der Waals surface area contributed by atoms with Gasteiger partial charge in [-0.1, -0.05) is 0 Å². The second-order valence-electron chi connectivity index (χ2n) is 0.908. The number of hydrogen-bond donors (Lipinski definition) is 0. The van der Waals surface area contributed by atoms with E-state index in [1.807, 2.05) is 0 Å². The van der Waals surface area contributed by atoms with E-state index in [0.29, 0.717) is 0 Å². The Balaban J connectivity index is -0.0000000150. The molecule has 28 valence electrons. The van der Waals surface area contributed by atoms with Crippen molar-refractivity contribution in [2.75, 3.05) is 0 Å². The van der Waals surface area contributed by atoms with E-state index in [1.54, 1.807) is 0 Å². The van der Waals surface area contributed by atoms with E-state index >= 15 is 0 Å². The van der Waals surface area contributed by atoms with Crippen LogP contribution in [0.3, 0.4) is 0 Å². The van der Waals surface area contributed by atoms with Crippen molar-refractivity contribution in [1.29, 1.82) is 0 Å². The van der Waals surface area contributed by atoms with Crippen molar-refractivity contribution in [3.05, 3.63) is 0 Å². The van der Waals surface area contributed by atoms with Crippen LogP contribution in [0.1, 0.15) is 16.7 Å². The van der Waals surface area contributed by atoms with Gasteiger partial charge in [0.25, 0.3) is 0 Å². The van der Waals surface area contributed by atoms with Crippen molar-refractivity contribution in [1.82, 2.24) is 0 Å². The Bertz CT molecular complexity index is 35.9. The van der Waals surface area contributed by atoms with Gasteiger partial charge in [-0.2, -0.15) is 0 Å². The molecule has 0 bridgehead atoms. The van der Waals surface area contributed by atoms with Gasteiger partial charge in [0.1, 0.15) is 5.78 Å². The monoisotopic (exact) mass is 198 g/mol. The van der Waals surface area contributed by atoms with Crippen LogP contribution in [-0.2, 0) is 4.79 Å². The van der Waals surface area contributed by atoms with Gasteiger partial charge in [0.05, 0.1) is 0 Å². The first-order valence-electron chi connectivity index (χ1n) is 1.20. The van der Waals surface area contributed by atoms with Gasteiger partial charge in [0.2, 0.25) is 0 Å². The number of rotatable bonds is 0. The van der Waals surface area contributed by atoms with Gasteiger partial charge in [-0.05, 0) is 13.8 Å². The fraction of sp³-hybridized carbons (Fsp3) is 0.667. The molecule has 0 aliphatic carbocycles. The summed E-state index contributed by atoms with van der Waals surface area (Å²) in [5.74, 6) is 0.167. The molecule has 0 N–H and O–H groups in total. The molecule has 0 rings (SSSR count). The molecule has 0 saturated heterocycles. The molecule has 0 spiro atoms. The summed E-state index contributed by atoms with van der Waals surface area (Å²) in [7, 11) is 0. The van der Waals surface area contributed by atoms with Crippen LogP contribution in [0.4, 0.5) is 0 Å². The minimum atomic E-state index is 0. The second-order valence-corrected chi connectivity index (χ2v) is 0.908. The third-order valence-electron chi connectivity index (χ3n) is 0. The third kappa shape index (κ3) is 35.7. The van der Waals surface area contributed by atoms with Crippen molar-refractivity contribution in [2.24, 2.45) is 0 Å². The van der Waals surface area contributed by atoms with Crippen molar-refractivity contribution in [2.45, 2.75) is 13.8 Å². The summed E-state index contributed by atoms with van der Waals surface area (Å²) in [5.41, 5.74) is 0. The van der Waals surface area contributed by atoms with Gasteiger partial charge in [-0.3, -0.25) is 0 Å². The van der Waals surface area contributed by atoms with Gasteiger partial charge in [-0.15, -0.1) is 0 Å². The summed E-state index contributed by atoms with van der Waals surface area (Å²) in [6, 6.07) is 0. The molecule has 0 aromatic rings. The van der Waals surface area contributed by atoms with Gasteiger partial charge in [0.15, 0.2) is 0 Å². The number of hydrogen-bond acceptors (Lipinski definition) is 1. The zero-order valence-corrected chi connectivity index (χ0v) is 8.06. The summed E-state index contributed by atoms with van der Waals surface area (Å²) in [5, 5.41) is 0. The molecule has 0 aliphatic rings. The predicted octanol–water partition coefficient (Wildman–Crippen LogP) is 0.439. The second kappa shape index (κ2) is 5.24. The number of ketones is 1. The Hall–Kier alpha value is 1.24. The maximum atomic E-state index is 9.44. The normalized spacial score (nSPS) is 5.20. The van der Waals surface area contributed by atoms with Gasteiger partial charge in [-0.25, -0.2) is 0 Å². The minimum absolute atomic E-state index is 0. The smallest absolute Gasteiger partial charge is 1.00 e. The molecule has 0 amide bonds. The first kappa shape index (κ1) is 9.53. The molecule has 2 heteroatoms. The van der Waals surface area contributed by atoms with Crippen LogP contribution in [0.2, 0.25) is 0 Å². The quantitative estimate of drug-likeness (QED) is 0.515. The first-order valence-corrected chi connectivity index (χ1v) is 1.20. The van der Waals surface area contributed by atoms with Gasteiger partial charge in [0, 0.05) is 0 Å². The molecule has 1 nitrogen and oxygen atoms in total. The fourth-order valence-electron chi connectivity index (χ4n) is 0. The number of carbonyl (C=O) groups excluding carboxylic acids is 1. The van der Waals surface area contributed by atoms with Crippen LogP contribution in [0.25, 0.3) is 0 Å². The van der Waals surface area contributed by atoms with E-state index in [2.05, 4.69) is 0 Å². The van der Waals surface area contributed by atoms with Crippen LogP contribution in [0.15, 0.2) is 0 Å². The maximum Gasteiger partial charge on any atom is 2.00 e. The summed E-state index contributed by atoms with van der Waals surface area (Å²) < 4.78 is 0. The van der Waals surface area contributed by atoms with Crippen LogP contribution >= 0.6 is 0 Å². The molecule has 0 aromatic carbocycles. The van der Waals surface area contributed by atoms with Crippen LogP contribution in [0, 0.1) is 0 Å². The summed E-state index contributed by atoms with van der Waals surface area (Å²) >= 11 is 0. The topological polar surface area (TPSA) is 17.1 Å². The molecule has 0 radical (unpaired) electrons. The standard InChI is InChI=1S/C3H6O.Ba.2H/c1-3(2)4;;;/h1-2H3;;;/q;+2;2*-1. The molecule has 0 atom stereocenters. The van der Waals surface area contributed by atoms with Gasteiger partial charge < -0.3 is 7.65 Å². The first-order chi connectivity index (χ1) is 1.73. The van der Waals surface area contributed by atoms with Crippen molar-refractivity contribution in [3.63, 3.8) is 0 Å². The third-order valence-corrected chi connectivity index (χ3v) is 0. The average molecular weight is 197 g/mol. The fourth-order valence-corrected chi connectivity index (χ4v) is 0. The molecule has 0 unspecified atom stereocenters. The molecule has 5 heavy (non-hydrogen) atoms. The molecule has 0 saturated carbocycles. The van der Waals surface area contributed by atoms with Crippen molar-refractivity contribution in [3.8, 4) is 0 Å². The Morgan fingerprint density at radius 2 is 1.60 bits per heavy atom. The number of carbonyl (C=O) groups is 1. The van der Waals surface area contributed by atoms with E-state index in [1.165, 1.54) is 13.8 Å². The summed E-state index contributed by atoms with van der Waals surface area (Å²) in [4.78, 5) is 9.44. The Morgan fingerprint density at radius 3 is 1.60 bits per heavy atom. The Labute approximate surface area is 75.2 Å². The number of Topliss-reactive ketones (excluding diaryl/α,β-unsaturated/α-hetero) is 1. The molecule has 0 aliphatic heterocycles. The largest absolute Gasteiger partial charge is 2.00 e. The molecule has 0 aromatic heterocycles. The van der Waals surface area contributed by atoms with Crippen molar-refractivity contribution < 1.29 is 7.65 Å². The minimum Gasteiger partial charge on any atom is -1.00 e. The zero-order valence-electron chi connectivity index (χ0n) is 5.62. The SMILES string of the molecule is CC(C)=O.[Ba+2].[H-].[H-]. The van der Waals surface area contributed by atoms with E-state index in [-0.39, 0.29) is 57.5 Å². The van der Waals surface area contributed by atoms with Crippen LogP contribution in [0.5, 0.6) is 0 Å². The summed E-state index contributed by atoms with van der Waals surface area (Å²) in [6.45, 7) is 3.06. The van der Waals surface area contributed by atoms with E-state index in [4.69, 9.17) is 0 Å². The molecular weight excluding hydrogens is 189 g/mol. The molecular formula is C3H8BaO. The van der Waals surface area contributed by atoms with E-state index in [9.17, 15) is 4.79 Å². The Kier molecular flexibility index (Phi) is 9.99. The average Bonchev–Trinajstić information content (AvgIpc) is 0.811. The molecule has 0 fully saturated rings. The maximum absolute atomic E-state index is 9.44. The van der Waals surface area contributed by atoms with Crippen LogP contribution < -0.4 is 0 Å². The summed E-state index contributed by atoms with van der Waals surface area (Å²) in [6.07, 6.45) is 0. The zero-order chi connectivity index (χ0) is 3.58. The van der Waals surface area contributed by atoms with Gasteiger partial charge >= 0.3 is 48.9 Å². The molecule has 0 heterocycles. The Morgan fingerprint density at radius 1 is 1.60 bits per heavy atom. The predicted molar refractivity (Wildman–Crippen MR) is 24.3 cm³/mol. The van der Waals surface area contributed by atoms with Crippen molar-refractivity contribution >= 4 is 54.7 Å². The van der Waals surface area contributed by atoms with E-state index < -0.39 is 0 Å². The van der Waals surface area contributed by atoms with Crippen LogP contribution in [-0.4, -0.2) is 54.7 Å².